The molecule has 0 radical (unpaired) electrons. The van der Waals surface area contributed by atoms with Gasteiger partial charge in [-0.25, -0.2) is 9.37 Å². The zero-order valence-corrected chi connectivity index (χ0v) is 15.3. The molecule has 0 aliphatic heterocycles. The number of halogens is 1. The smallest absolute Gasteiger partial charge is 0.253 e. The van der Waals surface area contributed by atoms with E-state index >= 15 is 0 Å². The molecule has 0 atom stereocenters. The van der Waals surface area contributed by atoms with Gasteiger partial charge in [-0.2, -0.15) is 5.26 Å². The summed E-state index contributed by atoms with van der Waals surface area (Å²) in [5.41, 5.74) is 14.0. The number of nitrogens with two attached hydrogens (primary N) is 2. The summed E-state index contributed by atoms with van der Waals surface area (Å²) in [7, 11) is 1.43. The lowest BCUT2D eigenvalue weighted by Gasteiger charge is -2.18. The van der Waals surface area contributed by atoms with Crippen molar-refractivity contribution in [2.24, 2.45) is 5.73 Å². The van der Waals surface area contributed by atoms with Crippen molar-refractivity contribution in [2.75, 3.05) is 12.8 Å². The number of hydrogen-bond donors (Lipinski definition) is 2. The molecule has 8 heteroatoms. The van der Waals surface area contributed by atoms with E-state index in [0.717, 1.165) is 0 Å². The van der Waals surface area contributed by atoms with Crippen molar-refractivity contribution in [1.82, 2.24) is 9.55 Å². The van der Waals surface area contributed by atoms with E-state index in [1.807, 2.05) is 6.07 Å². The van der Waals surface area contributed by atoms with Gasteiger partial charge in [-0.3, -0.25) is 9.36 Å². The highest BCUT2D eigenvalue weighted by Crippen LogP contribution is 2.38. The zero-order chi connectivity index (χ0) is 20.0. The fourth-order valence-electron chi connectivity index (χ4n) is 3.41. The molecule has 1 amide bonds. The van der Waals surface area contributed by atoms with E-state index < -0.39 is 11.7 Å². The molecule has 0 bridgehead atoms. The molecule has 0 saturated heterocycles. The van der Waals surface area contributed by atoms with E-state index in [0.29, 0.717) is 33.6 Å². The zero-order valence-electron chi connectivity index (χ0n) is 15.3. The number of hydrogen-bond acceptors (Lipinski definition) is 5. The number of aryl methyl sites for hydroxylation is 1. The van der Waals surface area contributed by atoms with Gasteiger partial charge >= 0.3 is 0 Å². The molecule has 0 unspecified atom stereocenters. The number of anilines is 1. The van der Waals surface area contributed by atoms with Crippen LogP contribution in [0.2, 0.25) is 0 Å². The van der Waals surface area contributed by atoms with E-state index in [1.54, 1.807) is 26.8 Å². The van der Waals surface area contributed by atoms with Crippen molar-refractivity contribution in [3.63, 3.8) is 0 Å². The van der Waals surface area contributed by atoms with Crippen LogP contribution < -0.4 is 16.2 Å². The van der Waals surface area contributed by atoms with Crippen LogP contribution in [-0.4, -0.2) is 22.6 Å². The number of pyridine rings is 1. The van der Waals surface area contributed by atoms with Gasteiger partial charge in [0.15, 0.2) is 5.69 Å². The summed E-state index contributed by atoms with van der Waals surface area (Å²) in [5.74, 6) is -0.925. The molecule has 2 heterocycles. The fraction of sp³-hybridized carbons (Fsp3) is 0.211. The molecular weight excluding hydrogens is 349 g/mol. The third-order valence-electron chi connectivity index (χ3n) is 4.60. The number of carbonyl (C=O) groups excluding carboxylic acids is 1. The van der Waals surface area contributed by atoms with E-state index in [9.17, 15) is 14.4 Å². The summed E-state index contributed by atoms with van der Waals surface area (Å²) in [6, 6.07) is 4.92. The molecule has 1 aromatic carbocycles. The second-order valence-electron chi connectivity index (χ2n) is 6.24. The number of rotatable bonds is 3. The van der Waals surface area contributed by atoms with E-state index in [-0.39, 0.29) is 22.6 Å². The highest BCUT2D eigenvalue weighted by atomic mass is 19.1. The van der Waals surface area contributed by atoms with Gasteiger partial charge < -0.3 is 16.2 Å². The number of aromatic nitrogens is 2. The number of nitrogens with zero attached hydrogens (tertiary/aromatic N) is 3. The molecule has 4 N–H and O–H groups in total. The van der Waals surface area contributed by atoms with Gasteiger partial charge in [0.25, 0.3) is 5.91 Å². The Kier molecular flexibility index (Phi) is 4.24. The summed E-state index contributed by atoms with van der Waals surface area (Å²) in [6.45, 7) is 5.02. The summed E-state index contributed by atoms with van der Waals surface area (Å²) >= 11 is 0. The number of primary amides is 1. The number of carbonyl (C=O) groups is 1. The van der Waals surface area contributed by atoms with Crippen molar-refractivity contribution in [1.29, 1.82) is 5.26 Å². The van der Waals surface area contributed by atoms with Gasteiger partial charge in [0, 0.05) is 28.3 Å². The SMILES string of the molecule is COc1cc(F)c(C)c(-n2c(N)c(C(N)=O)c3cc(C)nc(C#N)c32)c1C. The second-order valence-corrected chi connectivity index (χ2v) is 6.24. The Bertz CT molecular complexity index is 1160. The molecule has 0 spiro atoms. The van der Waals surface area contributed by atoms with E-state index in [2.05, 4.69) is 4.98 Å². The summed E-state index contributed by atoms with van der Waals surface area (Å²) in [4.78, 5) is 16.3. The average Bonchev–Trinajstić information content (AvgIpc) is 2.89. The van der Waals surface area contributed by atoms with Crippen molar-refractivity contribution in [3.05, 3.63) is 46.0 Å². The third kappa shape index (κ3) is 2.56. The first-order valence-electron chi connectivity index (χ1n) is 8.08. The molecule has 27 heavy (non-hydrogen) atoms. The summed E-state index contributed by atoms with van der Waals surface area (Å²) in [5, 5.41) is 9.98. The first kappa shape index (κ1) is 18.2. The Morgan fingerprint density at radius 1 is 1.30 bits per heavy atom. The quantitative estimate of drug-likeness (QED) is 0.737. The van der Waals surface area contributed by atoms with Crippen molar-refractivity contribution in [2.45, 2.75) is 20.8 Å². The van der Waals surface area contributed by atoms with Crippen LogP contribution in [-0.2, 0) is 0 Å². The Balaban J connectivity index is 2.63. The Labute approximate surface area is 155 Å². The standard InChI is InChI=1S/C19H18FN5O2/c1-8-5-11-15(19(23)26)18(22)25(17(11)13(7-21)24-8)16-9(2)12(20)6-14(27-4)10(16)3/h5-6H,22H2,1-4H3,(H2,23,26). The maximum atomic E-state index is 14.5. The molecule has 0 saturated carbocycles. The normalized spacial score (nSPS) is 10.8. The minimum atomic E-state index is -0.746. The third-order valence-corrected chi connectivity index (χ3v) is 4.60. The topological polar surface area (TPSA) is 120 Å². The van der Waals surface area contributed by atoms with Crippen LogP contribution in [0.1, 0.15) is 32.9 Å². The molecule has 0 aliphatic rings. The van der Waals surface area contributed by atoms with Gasteiger partial charge in [-0.1, -0.05) is 0 Å². The molecule has 3 rings (SSSR count). The van der Waals surface area contributed by atoms with Crippen molar-refractivity contribution in [3.8, 4) is 17.5 Å². The largest absolute Gasteiger partial charge is 0.496 e. The minimum Gasteiger partial charge on any atom is -0.496 e. The van der Waals surface area contributed by atoms with Gasteiger partial charge in [0.2, 0.25) is 0 Å². The highest BCUT2D eigenvalue weighted by Gasteiger charge is 2.26. The monoisotopic (exact) mass is 367 g/mol. The number of benzene rings is 1. The number of amides is 1. The van der Waals surface area contributed by atoms with E-state index in [4.69, 9.17) is 16.2 Å². The minimum absolute atomic E-state index is 0.0141. The molecule has 0 fully saturated rings. The second kappa shape index (κ2) is 6.29. The maximum absolute atomic E-state index is 14.5. The molecule has 7 nitrogen and oxygen atoms in total. The summed E-state index contributed by atoms with van der Waals surface area (Å²) in [6.07, 6.45) is 0. The maximum Gasteiger partial charge on any atom is 0.253 e. The first-order chi connectivity index (χ1) is 12.7. The van der Waals surface area contributed by atoms with E-state index in [1.165, 1.54) is 17.7 Å². The Morgan fingerprint density at radius 2 is 1.96 bits per heavy atom. The van der Waals surface area contributed by atoms with Gasteiger partial charge in [-0.05, 0) is 26.8 Å². The average molecular weight is 367 g/mol. The van der Waals surface area contributed by atoms with Crippen molar-refractivity contribution < 1.29 is 13.9 Å². The predicted octanol–water partition coefficient (Wildman–Crippen LogP) is 2.65. The number of nitriles is 1. The lowest BCUT2D eigenvalue weighted by molar-refractivity contribution is 0.100. The molecular formula is C19H18FN5O2. The lowest BCUT2D eigenvalue weighted by Crippen LogP contribution is -2.14. The first-order valence-corrected chi connectivity index (χ1v) is 8.08. The molecule has 138 valence electrons. The van der Waals surface area contributed by atoms with Crippen LogP contribution in [0, 0.1) is 37.9 Å². The van der Waals surface area contributed by atoms with Crippen LogP contribution >= 0.6 is 0 Å². The molecule has 2 aromatic heterocycles. The van der Waals surface area contributed by atoms with Crippen LogP contribution in [0.25, 0.3) is 16.6 Å². The fourth-order valence-corrected chi connectivity index (χ4v) is 3.41. The summed E-state index contributed by atoms with van der Waals surface area (Å²) < 4.78 is 21.2. The van der Waals surface area contributed by atoms with Crippen LogP contribution in [0.3, 0.4) is 0 Å². The Hall–Kier alpha value is -3.60. The number of ether oxygens (including phenoxy) is 1. The van der Waals surface area contributed by atoms with Gasteiger partial charge in [-0.15, -0.1) is 0 Å². The van der Waals surface area contributed by atoms with Gasteiger partial charge in [0.05, 0.1) is 23.9 Å². The number of fused-ring (bicyclic) bond motifs is 1. The number of nitrogen functional groups attached to an aromatic ring is 1. The Morgan fingerprint density at radius 3 is 2.52 bits per heavy atom. The van der Waals surface area contributed by atoms with Crippen LogP contribution in [0.4, 0.5) is 10.2 Å². The number of methoxy groups -OCH3 is 1. The highest BCUT2D eigenvalue weighted by molar-refractivity contribution is 6.12. The lowest BCUT2D eigenvalue weighted by atomic mass is 10.1. The van der Waals surface area contributed by atoms with Crippen molar-refractivity contribution >= 4 is 22.6 Å². The van der Waals surface area contributed by atoms with Crippen LogP contribution in [0.5, 0.6) is 5.75 Å². The molecule has 0 aliphatic carbocycles. The van der Waals surface area contributed by atoms with Gasteiger partial charge in [0.1, 0.15) is 23.5 Å². The molecule has 3 aromatic rings. The van der Waals surface area contributed by atoms with Crippen LogP contribution in [0.15, 0.2) is 12.1 Å². The predicted molar refractivity (Wildman–Crippen MR) is 99.4 cm³/mol.